The zero-order valence-corrected chi connectivity index (χ0v) is 21.4. The number of benzene rings is 4. The fraction of sp³-hybridized carbons (Fsp3) is 0.194. The minimum absolute atomic E-state index is 0.0754. The number of carbonyl (C=O) groups excluding carboxylic acids is 1. The molecule has 1 unspecified atom stereocenters. The Morgan fingerprint density at radius 3 is 2.38 bits per heavy atom. The maximum atomic E-state index is 13.7. The van der Waals surface area contributed by atoms with Crippen molar-refractivity contribution >= 4 is 17.3 Å². The van der Waals surface area contributed by atoms with Gasteiger partial charge in [0.25, 0.3) is 5.91 Å². The third kappa shape index (κ3) is 4.70. The van der Waals surface area contributed by atoms with Crippen LogP contribution in [0.25, 0.3) is 0 Å². The van der Waals surface area contributed by atoms with Crippen LogP contribution in [0.4, 0.5) is 11.4 Å². The van der Waals surface area contributed by atoms with E-state index < -0.39 is 6.17 Å². The summed E-state index contributed by atoms with van der Waals surface area (Å²) in [4.78, 5) is 15.5. The van der Waals surface area contributed by atoms with Gasteiger partial charge in [0.05, 0.1) is 19.8 Å². The van der Waals surface area contributed by atoms with Gasteiger partial charge in [-0.25, -0.2) is 0 Å². The highest BCUT2D eigenvalue weighted by molar-refractivity contribution is 6.12. The Bertz CT molecular complexity index is 1430. The van der Waals surface area contributed by atoms with E-state index in [-0.39, 0.29) is 5.91 Å². The van der Waals surface area contributed by atoms with Crippen molar-refractivity contribution in [3.8, 4) is 17.2 Å². The van der Waals surface area contributed by atoms with Crippen LogP contribution in [0.15, 0.2) is 84.9 Å². The van der Waals surface area contributed by atoms with E-state index in [4.69, 9.17) is 14.2 Å². The molecule has 6 nitrogen and oxygen atoms in total. The third-order valence-corrected chi connectivity index (χ3v) is 6.84. The smallest absolute Gasteiger partial charge is 0.262 e. The summed E-state index contributed by atoms with van der Waals surface area (Å²) in [5.41, 5.74) is 6.29. The van der Waals surface area contributed by atoms with E-state index in [2.05, 4.69) is 25.2 Å². The number of amides is 1. The highest BCUT2D eigenvalue weighted by atomic mass is 16.5. The number of aryl methyl sites for hydroxylation is 1. The van der Waals surface area contributed by atoms with E-state index in [9.17, 15) is 4.79 Å². The summed E-state index contributed by atoms with van der Waals surface area (Å²) in [6.45, 7) is 4.46. The van der Waals surface area contributed by atoms with E-state index in [0.717, 1.165) is 45.3 Å². The lowest BCUT2D eigenvalue weighted by atomic mass is 10.0. The molecule has 4 aromatic rings. The van der Waals surface area contributed by atoms with Gasteiger partial charge in [-0.1, -0.05) is 30.3 Å². The molecule has 1 amide bonds. The second-order valence-electron chi connectivity index (χ2n) is 9.02. The van der Waals surface area contributed by atoms with Gasteiger partial charge in [0.1, 0.15) is 30.0 Å². The van der Waals surface area contributed by atoms with Crippen molar-refractivity contribution in [2.24, 2.45) is 0 Å². The highest BCUT2D eigenvalue weighted by Gasteiger charge is 2.34. The Morgan fingerprint density at radius 2 is 1.62 bits per heavy atom. The Labute approximate surface area is 217 Å². The predicted molar refractivity (Wildman–Crippen MR) is 146 cm³/mol. The molecule has 0 fully saturated rings. The van der Waals surface area contributed by atoms with Gasteiger partial charge in [-0.15, -0.1) is 0 Å². The fourth-order valence-corrected chi connectivity index (χ4v) is 4.61. The molecule has 37 heavy (non-hydrogen) atoms. The van der Waals surface area contributed by atoms with E-state index in [0.29, 0.717) is 12.2 Å². The van der Waals surface area contributed by atoms with Crippen LogP contribution in [0.1, 0.15) is 38.8 Å². The van der Waals surface area contributed by atoms with Crippen LogP contribution < -0.4 is 24.4 Å². The van der Waals surface area contributed by atoms with Gasteiger partial charge >= 0.3 is 0 Å². The highest BCUT2D eigenvalue weighted by Crippen LogP contribution is 2.38. The average Bonchev–Trinajstić information content (AvgIpc) is 2.94. The molecule has 0 saturated heterocycles. The summed E-state index contributed by atoms with van der Waals surface area (Å²) in [6, 6.07) is 27.1. The number of methoxy groups -OCH3 is 2. The second-order valence-corrected chi connectivity index (χ2v) is 9.02. The van der Waals surface area contributed by atoms with E-state index in [1.807, 2.05) is 78.9 Å². The van der Waals surface area contributed by atoms with E-state index in [1.54, 1.807) is 19.1 Å². The number of anilines is 2. The number of hydrogen-bond donors (Lipinski definition) is 1. The first-order valence-corrected chi connectivity index (χ1v) is 12.2. The van der Waals surface area contributed by atoms with E-state index in [1.165, 1.54) is 5.56 Å². The lowest BCUT2D eigenvalue weighted by molar-refractivity contribution is 0.0975. The molecule has 0 aromatic heterocycles. The summed E-state index contributed by atoms with van der Waals surface area (Å²) in [5.74, 6) is 2.22. The van der Waals surface area contributed by atoms with Crippen molar-refractivity contribution in [1.29, 1.82) is 0 Å². The molecule has 4 aromatic carbocycles. The molecule has 1 aliphatic heterocycles. The minimum Gasteiger partial charge on any atom is -0.497 e. The summed E-state index contributed by atoms with van der Waals surface area (Å²) in [5, 5.41) is 3.57. The molecule has 6 heteroatoms. The Kier molecular flexibility index (Phi) is 6.73. The third-order valence-electron chi connectivity index (χ3n) is 6.84. The van der Waals surface area contributed by atoms with Gasteiger partial charge in [-0.3, -0.25) is 9.69 Å². The van der Waals surface area contributed by atoms with Crippen LogP contribution in [-0.2, 0) is 6.61 Å². The van der Waals surface area contributed by atoms with Crippen molar-refractivity contribution < 1.29 is 19.0 Å². The van der Waals surface area contributed by atoms with Crippen LogP contribution in [0.5, 0.6) is 17.2 Å². The molecular weight excluding hydrogens is 464 g/mol. The van der Waals surface area contributed by atoms with Gasteiger partial charge in [0, 0.05) is 16.9 Å². The number of ether oxygens (including phenoxy) is 3. The number of nitrogens with zero attached hydrogens (tertiary/aromatic N) is 1. The molecule has 0 saturated carbocycles. The molecule has 1 N–H and O–H groups in total. The Morgan fingerprint density at radius 1 is 0.838 bits per heavy atom. The molecule has 1 heterocycles. The number of para-hydroxylation sites is 1. The predicted octanol–water partition coefficient (Wildman–Crippen LogP) is 6.67. The van der Waals surface area contributed by atoms with E-state index >= 15 is 0 Å². The first-order chi connectivity index (χ1) is 18.0. The molecule has 1 atom stereocenters. The largest absolute Gasteiger partial charge is 0.497 e. The number of hydrogen-bond acceptors (Lipinski definition) is 5. The summed E-state index contributed by atoms with van der Waals surface area (Å²) in [7, 11) is 3.28. The van der Waals surface area contributed by atoms with Crippen molar-refractivity contribution in [2.45, 2.75) is 26.6 Å². The number of fused-ring (bicyclic) bond motifs is 1. The average molecular weight is 495 g/mol. The van der Waals surface area contributed by atoms with Crippen molar-refractivity contribution in [2.75, 3.05) is 24.4 Å². The Hall–Kier alpha value is -4.45. The first-order valence-electron chi connectivity index (χ1n) is 12.2. The van der Waals surface area contributed by atoms with Crippen LogP contribution in [0.3, 0.4) is 0 Å². The zero-order chi connectivity index (χ0) is 25.9. The molecule has 188 valence electrons. The number of nitrogens with one attached hydrogen (secondary N) is 1. The minimum atomic E-state index is -0.429. The van der Waals surface area contributed by atoms with Gasteiger partial charge < -0.3 is 19.5 Å². The Balaban J connectivity index is 1.53. The zero-order valence-electron chi connectivity index (χ0n) is 21.4. The lowest BCUT2D eigenvalue weighted by Crippen LogP contribution is -2.43. The molecule has 1 aliphatic rings. The molecule has 0 bridgehead atoms. The molecule has 0 aliphatic carbocycles. The van der Waals surface area contributed by atoms with Crippen molar-refractivity contribution in [1.82, 2.24) is 0 Å². The monoisotopic (exact) mass is 494 g/mol. The van der Waals surface area contributed by atoms with Crippen LogP contribution >= 0.6 is 0 Å². The SMILES string of the molecule is COc1ccc(N2C(=O)c3ccccc3NC2c2ccc(OC)c(COc3cccc(C)c3C)c2)cc1. The quantitative estimate of drug-likeness (QED) is 0.311. The van der Waals surface area contributed by atoms with Gasteiger partial charge in [-0.2, -0.15) is 0 Å². The summed E-state index contributed by atoms with van der Waals surface area (Å²) >= 11 is 0. The van der Waals surface area contributed by atoms with Crippen molar-refractivity contribution in [3.63, 3.8) is 0 Å². The van der Waals surface area contributed by atoms with Crippen molar-refractivity contribution in [3.05, 3.63) is 113 Å². The normalized spacial score (nSPS) is 14.5. The van der Waals surface area contributed by atoms with Crippen LogP contribution in [0, 0.1) is 13.8 Å². The number of rotatable bonds is 7. The summed E-state index contributed by atoms with van der Waals surface area (Å²) < 4.78 is 17.2. The maximum absolute atomic E-state index is 13.7. The molecule has 0 spiro atoms. The van der Waals surface area contributed by atoms with Crippen LogP contribution in [0.2, 0.25) is 0 Å². The van der Waals surface area contributed by atoms with Gasteiger partial charge in [0.2, 0.25) is 0 Å². The lowest BCUT2D eigenvalue weighted by Gasteiger charge is -2.38. The fourth-order valence-electron chi connectivity index (χ4n) is 4.61. The topological polar surface area (TPSA) is 60.0 Å². The molecular formula is C31H30N2O4. The standard InChI is InChI=1S/C31H30N2O4/c1-20-8-7-11-28(21(20)2)37-19-23-18-22(12-17-29(23)36-4)30-32-27-10-6-5-9-26(27)31(34)33(30)24-13-15-25(35-3)16-14-24/h5-18,30,32H,19H2,1-4H3. The van der Waals surface area contributed by atoms with Gasteiger partial charge in [0.15, 0.2) is 0 Å². The first kappa shape index (κ1) is 24.3. The molecule has 5 rings (SSSR count). The molecule has 0 radical (unpaired) electrons. The van der Waals surface area contributed by atoms with Gasteiger partial charge in [-0.05, 0) is 85.1 Å². The second kappa shape index (κ2) is 10.3. The van der Waals surface area contributed by atoms with Crippen LogP contribution in [-0.4, -0.2) is 20.1 Å². The number of carbonyl (C=O) groups is 1. The maximum Gasteiger partial charge on any atom is 0.262 e. The summed E-state index contributed by atoms with van der Waals surface area (Å²) in [6.07, 6.45) is -0.429.